The van der Waals surface area contributed by atoms with E-state index in [1.54, 1.807) is 6.07 Å². The maximum atomic E-state index is 12.8. The summed E-state index contributed by atoms with van der Waals surface area (Å²) in [4.78, 5) is 12.8. The second-order valence-corrected chi connectivity index (χ2v) is 10.3. The number of fused-ring (bicyclic) bond motifs is 1. The van der Waals surface area contributed by atoms with Gasteiger partial charge in [0.1, 0.15) is 71.0 Å². The molecular weight excluding hydrogens is 599 g/mol. The van der Waals surface area contributed by atoms with Crippen LogP contribution < -0.4 is 14.9 Å². The molecule has 2 saturated heterocycles. The first-order valence-electron chi connectivity index (χ1n) is 13.3. The van der Waals surface area contributed by atoms with E-state index in [1.165, 1.54) is 32.2 Å². The quantitative estimate of drug-likeness (QED) is 0.135. The Hall–Kier alpha value is -2.51. The molecule has 0 radical (unpaired) electrons. The van der Waals surface area contributed by atoms with Crippen molar-refractivity contribution in [2.45, 2.75) is 68.3 Å². The van der Waals surface area contributed by atoms with E-state index < -0.39 is 79.2 Å². The van der Waals surface area contributed by atoms with Gasteiger partial charge in [0.05, 0.1) is 19.8 Å². The van der Waals surface area contributed by atoms with Crippen LogP contribution in [0.25, 0.3) is 22.3 Å². The summed E-state index contributed by atoms with van der Waals surface area (Å²) in [6, 6.07) is 7.78. The number of aliphatic hydroxyl groups excluding tert-OH is 6. The standard InChI is InChI=1S/C28H32O15.Na.H/c1-10-21(32)23(34)25(36)27(40-10)39-9-19-22(33)24(35)26(37)28(43-19)41-12-6-14(30)20-15(31)8-17(42-18(20)7-12)11-3-4-16(38-2)13(29)5-11;;/h3-8,10,19,21-30,32-37H,9H2,1-2H3;;/t10-,19+,21-,22+,23+,24-,25+,26+,27+,28+;;/m0../s1. The second kappa shape index (κ2) is 13.9. The zero-order valence-corrected chi connectivity index (χ0v) is 22.9. The number of phenols is 2. The molecule has 15 nitrogen and oxygen atoms in total. The van der Waals surface area contributed by atoms with Gasteiger partial charge in [0.25, 0.3) is 0 Å². The van der Waals surface area contributed by atoms with Crippen molar-refractivity contribution in [1.82, 2.24) is 0 Å². The molecule has 5 rings (SSSR count). The summed E-state index contributed by atoms with van der Waals surface area (Å²) in [5.74, 6) is -0.605. The zero-order valence-electron chi connectivity index (χ0n) is 22.9. The zero-order chi connectivity index (χ0) is 31.2. The topological polar surface area (TPSA) is 238 Å². The van der Waals surface area contributed by atoms with E-state index in [2.05, 4.69) is 0 Å². The molecule has 3 heterocycles. The number of aromatic hydroxyl groups is 2. The van der Waals surface area contributed by atoms with E-state index in [-0.39, 0.29) is 63.5 Å². The summed E-state index contributed by atoms with van der Waals surface area (Å²) in [7, 11) is 1.38. The summed E-state index contributed by atoms with van der Waals surface area (Å²) in [6.45, 7) is 0.953. The molecule has 0 bridgehead atoms. The third-order valence-corrected chi connectivity index (χ3v) is 7.40. The Labute approximate surface area is 271 Å². The first kappa shape index (κ1) is 34.4. The van der Waals surface area contributed by atoms with Crippen LogP contribution in [0.2, 0.25) is 0 Å². The molecule has 2 aliphatic heterocycles. The van der Waals surface area contributed by atoms with E-state index >= 15 is 0 Å². The van der Waals surface area contributed by atoms with Gasteiger partial charge in [0.15, 0.2) is 23.2 Å². The Bertz CT molecular complexity index is 1510. The molecule has 2 fully saturated rings. The molecule has 2 aromatic carbocycles. The Morgan fingerprint density at radius 3 is 2.16 bits per heavy atom. The van der Waals surface area contributed by atoms with E-state index in [1.807, 2.05) is 0 Å². The number of hydrogen-bond acceptors (Lipinski definition) is 15. The van der Waals surface area contributed by atoms with E-state index in [9.17, 15) is 45.6 Å². The van der Waals surface area contributed by atoms with Crippen molar-refractivity contribution in [2.75, 3.05) is 13.7 Å². The number of methoxy groups -OCH3 is 1. The Balaban J connectivity index is 0.00000442. The Morgan fingerprint density at radius 2 is 1.48 bits per heavy atom. The average molecular weight is 633 g/mol. The van der Waals surface area contributed by atoms with Crippen LogP contribution in [0.5, 0.6) is 23.0 Å². The molecule has 0 saturated carbocycles. The first-order valence-corrected chi connectivity index (χ1v) is 13.3. The van der Waals surface area contributed by atoms with E-state index in [0.29, 0.717) is 5.56 Å². The molecule has 2 aliphatic rings. The molecule has 1 aromatic heterocycles. The predicted octanol–water partition coefficient (Wildman–Crippen LogP) is -1.74. The minimum atomic E-state index is -1.78. The van der Waals surface area contributed by atoms with Gasteiger partial charge in [-0.3, -0.25) is 4.79 Å². The molecule has 16 heteroatoms. The van der Waals surface area contributed by atoms with Gasteiger partial charge in [-0.2, -0.15) is 0 Å². The maximum absolute atomic E-state index is 12.8. The molecule has 44 heavy (non-hydrogen) atoms. The van der Waals surface area contributed by atoms with Gasteiger partial charge in [-0.05, 0) is 25.1 Å². The molecule has 0 aliphatic carbocycles. The van der Waals surface area contributed by atoms with Gasteiger partial charge < -0.3 is 69.0 Å². The number of benzene rings is 2. The van der Waals surface area contributed by atoms with Crippen LogP contribution in [0.15, 0.2) is 45.6 Å². The molecule has 8 N–H and O–H groups in total. The van der Waals surface area contributed by atoms with Crippen molar-refractivity contribution in [3.05, 3.63) is 46.6 Å². The van der Waals surface area contributed by atoms with Crippen molar-refractivity contribution in [1.29, 1.82) is 0 Å². The van der Waals surface area contributed by atoms with Crippen LogP contribution in [0.1, 0.15) is 6.92 Å². The fourth-order valence-electron chi connectivity index (χ4n) is 4.92. The molecule has 0 amide bonds. The molecule has 236 valence electrons. The third kappa shape index (κ3) is 6.69. The number of ether oxygens (including phenoxy) is 5. The predicted molar refractivity (Wildman–Crippen MR) is 151 cm³/mol. The normalized spacial score (nSPS) is 32.2. The number of aliphatic hydroxyl groups is 6. The van der Waals surface area contributed by atoms with Gasteiger partial charge in [-0.25, -0.2) is 0 Å². The number of phenolic OH excluding ortho intramolecular Hbond substituents is 2. The third-order valence-electron chi connectivity index (χ3n) is 7.40. The summed E-state index contributed by atoms with van der Waals surface area (Å²) in [5, 5.41) is 82.0. The Morgan fingerprint density at radius 1 is 0.795 bits per heavy atom. The van der Waals surface area contributed by atoms with Crippen molar-refractivity contribution >= 4 is 40.5 Å². The van der Waals surface area contributed by atoms with Crippen molar-refractivity contribution < 1.29 is 69.0 Å². The van der Waals surface area contributed by atoms with Gasteiger partial charge >= 0.3 is 29.6 Å². The van der Waals surface area contributed by atoms with Crippen molar-refractivity contribution in [3.8, 4) is 34.3 Å². The van der Waals surface area contributed by atoms with E-state index in [0.717, 1.165) is 12.1 Å². The van der Waals surface area contributed by atoms with E-state index in [4.69, 9.17) is 28.1 Å². The summed E-state index contributed by atoms with van der Waals surface area (Å²) in [5.41, 5.74) is -0.381. The SMILES string of the molecule is COc1ccc(-c2cc(=O)c3c(O)cc(O[C@@H]4O[C@H](CO[C@@H]5O[C@@H](C)[C@H](O)[C@@H](O)[C@H]5O)[C@@H](O)[C@H](O)[C@H]4O)cc3o2)cc1O.[NaH]. The number of rotatable bonds is 7. The van der Waals surface area contributed by atoms with Crippen LogP contribution in [0.3, 0.4) is 0 Å². The molecule has 10 atom stereocenters. The van der Waals surface area contributed by atoms with Crippen LogP contribution in [0.4, 0.5) is 0 Å². The fraction of sp³-hybridized carbons (Fsp3) is 0.464. The average Bonchev–Trinajstić information content (AvgIpc) is 2.97. The van der Waals surface area contributed by atoms with Crippen molar-refractivity contribution in [3.63, 3.8) is 0 Å². The van der Waals surface area contributed by atoms with Crippen LogP contribution in [-0.2, 0) is 14.2 Å². The van der Waals surface area contributed by atoms with Crippen LogP contribution in [0, 0.1) is 0 Å². The fourth-order valence-corrected chi connectivity index (χ4v) is 4.92. The van der Waals surface area contributed by atoms with Crippen molar-refractivity contribution in [2.24, 2.45) is 0 Å². The van der Waals surface area contributed by atoms with Crippen LogP contribution in [-0.4, -0.2) is 146 Å². The second-order valence-electron chi connectivity index (χ2n) is 10.3. The summed E-state index contributed by atoms with van der Waals surface area (Å²) < 4.78 is 32.9. The number of hydrogen-bond donors (Lipinski definition) is 8. The molecule has 0 unspecified atom stereocenters. The minimum absolute atomic E-state index is 0. The van der Waals surface area contributed by atoms with Gasteiger partial charge in [0.2, 0.25) is 6.29 Å². The van der Waals surface area contributed by atoms with Gasteiger partial charge in [-0.15, -0.1) is 0 Å². The summed E-state index contributed by atoms with van der Waals surface area (Å²) in [6.07, 6.45) is -15.0. The van der Waals surface area contributed by atoms with Gasteiger partial charge in [-0.1, -0.05) is 0 Å². The first-order chi connectivity index (χ1) is 20.4. The molecule has 3 aromatic rings. The Kier molecular flexibility index (Phi) is 10.8. The van der Waals surface area contributed by atoms with Gasteiger partial charge in [0, 0.05) is 23.8 Å². The summed E-state index contributed by atoms with van der Waals surface area (Å²) >= 11 is 0. The molecule has 0 spiro atoms. The molecular formula is C28H33NaO15. The monoisotopic (exact) mass is 632 g/mol. The van der Waals surface area contributed by atoms with Crippen LogP contribution >= 0.6 is 0 Å².